The van der Waals surface area contributed by atoms with Gasteiger partial charge in [0, 0.05) is 13.1 Å². The fourth-order valence-electron chi connectivity index (χ4n) is 2.14. The minimum absolute atomic E-state index is 0.114. The third kappa shape index (κ3) is 3.01. The van der Waals surface area contributed by atoms with Crippen molar-refractivity contribution in [1.82, 2.24) is 4.90 Å². The third-order valence-electron chi connectivity index (χ3n) is 2.95. The first-order chi connectivity index (χ1) is 8.35. The number of nitrogens with zero attached hydrogens (tertiary/aromatic N) is 1. The Labute approximate surface area is 102 Å². The van der Waals surface area contributed by atoms with E-state index >= 15 is 0 Å². The summed E-state index contributed by atoms with van der Waals surface area (Å²) in [5, 5.41) is 8.85. The topological polar surface area (TPSA) is 40.5 Å². The highest BCUT2D eigenvalue weighted by Crippen LogP contribution is 2.24. The number of rotatable bonds is 2. The van der Waals surface area contributed by atoms with Crippen LogP contribution in [0.2, 0.25) is 0 Å². The largest absolute Gasteiger partial charge is 0.478 e. The molecule has 98 valence electrons. The van der Waals surface area contributed by atoms with Crippen molar-refractivity contribution in [3.63, 3.8) is 0 Å². The predicted octanol–water partition coefficient (Wildman–Crippen LogP) is 2.31. The van der Waals surface area contributed by atoms with Crippen LogP contribution in [0.25, 0.3) is 0 Å². The summed E-state index contributed by atoms with van der Waals surface area (Å²) in [6, 6.07) is 4.63. The van der Waals surface area contributed by atoms with Gasteiger partial charge >= 0.3 is 12.1 Å². The summed E-state index contributed by atoms with van der Waals surface area (Å²) in [6.45, 7) is -0.460. The lowest BCUT2D eigenvalue weighted by Crippen LogP contribution is -2.38. The Bertz CT molecular complexity index is 471. The Balaban J connectivity index is 2.17. The van der Waals surface area contributed by atoms with E-state index in [0.717, 1.165) is 5.56 Å². The van der Waals surface area contributed by atoms with Crippen LogP contribution in [-0.2, 0) is 13.0 Å². The summed E-state index contributed by atoms with van der Waals surface area (Å²) in [4.78, 5) is 12.1. The van der Waals surface area contributed by atoms with E-state index in [-0.39, 0.29) is 12.1 Å². The summed E-state index contributed by atoms with van der Waals surface area (Å²) >= 11 is 0. The van der Waals surface area contributed by atoms with Gasteiger partial charge in [-0.25, -0.2) is 4.79 Å². The maximum Gasteiger partial charge on any atom is 0.401 e. The zero-order valence-electron chi connectivity index (χ0n) is 9.50. The van der Waals surface area contributed by atoms with Gasteiger partial charge in [0.15, 0.2) is 0 Å². The van der Waals surface area contributed by atoms with Crippen molar-refractivity contribution in [3.8, 4) is 0 Å². The van der Waals surface area contributed by atoms with E-state index in [1.807, 2.05) is 0 Å². The zero-order valence-corrected chi connectivity index (χ0v) is 9.50. The standard InChI is InChI=1S/C12H12F3NO2/c13-12(14,15)7-16-4-3-8-1-2-9(11(17)18)5-10(8)6-16/h1-2,5H,3-4,6-7H2,(H,17,18). The monoisotopic (exact) mass is 259 g/mol. The van der Waals surface area contributed by atoms with Crippen LogP contribution in [0, 0.1) is 0 Å². The molecule has 1 aromatic carbocycles. The SMILES string of the molecule is O=C(O)c1ccc2c(c1)CN(CC(F)(F)F)CC2. The van der Waals surface area contributed by atoms with Crippen LogP contribution in [0.1, 0.15) is 21.5 Å². The van der Waals surface area contributed by atoms with Gasteiger partial charge in [-0.05, 0) is 29.7 Å². The Morgan fingerprint density at radius 2 is 2.06 bits per heavy atom. The Kier molecular flexibility index (Phi) is 3.30. The minimum atomic E-state index is -4.22. The van der Waals surface area contributed by atoms with Crippen LogP contribution in [-0.4, -0.2) is 35.2 Å². The van der Waals surface area contributed by atoms with Crippen LogP contribution < -0.4 is 0 Å². The maximum absolute atomic E-state index is 12.3. The van der Waals surface area contributed by atoms with Gasteiger partial charge in [-0.3, -0.25) is 4.90 Å². The molecule has 0 amide bonds. The second kappa shape index (κ2) is 4.61. The molecule has 1 aliphatic rings. The highest BCUT2D eigenvalue weighted by Gasteiger charge is 2.32. The number of carboxylic acids is 1. The molecule has 1 aliphatic heterocycles. The molecule has 0 atom stereocenters. The first kappa shape index (κ1) is 12.9. The number of fused-ring (bicyclic) bond motifs is 1. The van der Waals surface area contributed by atoms with E-state index < -0.39 is 18.7 Å². The van der Waals surface area contributed by atoms with Gasteiger partial charge in [-0.2, -0.15) is 13.2 Å². The van der Waals surface area contributed by atoms with Crippen molar-refractivity contribution in [1.29, 1.82) is 0 Å². The van der Waals surface area contributed by atoms with Crippen molar-refractivity contribution in [3.05, 3.63) is 34.9 Å². The molecular formula is C12H12F3NO2. The molecule has 0 radical (unpaired) electrons. The minimum Gasteiger partial charge on any atom is -0.478 e. The quantitative estimate of drug-likeness (QED) is 0.886. The zero-order chi connectivity index (χ0) is 13.3. The molecule has 1 heterocycles. The van der Waals surface area contributed by atoms with Crippen LogP contribution in [0.5, 0.6) is 0 Å². The number of halogens is 3. The smallest absolute Gasteiger partial charge is 0.401 e. The second-order valence-electron chi connectivity index (χ2n) is 4.36. The van der Waals surface area contributed by atoms with Crippen LogP contribution in [0.3, 0.4) is 0 Å². The molecule has 1 aromatic rings. The highest BCUT2D eigenvalue weighted by atomic mass is 19.4. The molecule has 0 spiro atoms. The lowest BCUT2D eigenvalue weighted by atomic mass is 9.97. The van der Waals surface area contributed by atoms with Crippen molar-refractivity contribution in [2.24, 2.45) is 0 Å². The lowest BCUT2D eigenvalue weighted by molar-refractivity contribution is -0.147. The van der Waals surface area contributed by atoms with E-state index in [4.69, 9.17) is 5.11 Å². The fourth-order valence-corrected chi connectivity index (χ4v) is 2.14. The van der Waals surface area contributed by atoms with Crippen molar-refractivity contribution >= 4 is 5.97 Å². The molecule has 3 nitrogen and oxygen atoms in total. The van der Waals surface area contributed by atoms with Gasteiger partial charge in [0.05, 0.1) is 12.1 Å². The number of aromatic carboxylic acids is 1. The van der Waals surface area contributed by atoms with Gasteiger partial charge < -0.3 is 5.11 Å². The predicted molar refractivity (Wildman–Crippen MR) is 58.4 cm³/mol. The van der Waals surface area contributed by atoms with Gasteiger partial charge in [-0.15, -0.1) is 0 Å². The van der Waals surface area contributed by atoms with Gasteiger partial charge in [0.25, 0.3) is 0 Å². The number of alkyl halides is 3. The molecular weight excluding hydrogens is 247 g/mol. The summed E-state index contributed by atoms with van der Waals surface area (Å²) in [5.74, 6) is -1.06. The first-order valence-electron chi connectivity index (χ1n) is 5.49. The highest BCUT2D eigenvalue weighted by molar-refractivity contribution is 5.87. The molecule has 0 saturated carbocycles. The molecule has 0 aliphatic carbocycles. The van der Waals surface area contributed by atoms with E-state index in [0.29, 0.717) is 18.5 Å². The molecule has 0 fully saturated rings. The Morgan fingerprint density at radius 1 is 1.33 bits per heavy atom. The van der Waals surface area contributed by atoms with E-state index in [1.165, 1.54) is 17.0 Å². The fraction of sp³-hybridized carbons (Fsp3) is 0.417. The normalized spacial score (nSPS) is 16.4. The van der Waals surface area contributed by atoms with Gasteiger partial charge in [-0.1, -0.05) is 6.07 Å². The molecule has 0 unspecified atom stereocenters. The van der Waals surface area contributed by atoms with Crippen LogP contribution in [0.4, 0.5) is 13.2 Å². The van der Waals surface area contributed by atoms with E-state index in [1.54, 1.807) is 6.07 Å². The van der Waals surface area contributed by atoms with Crippen LogP contribution >= 0.6 is 0 Å². The number of hydrogen-bond donors (Lipinski definition) is 1. The first-order valence-corrected chi connectivity index (χ1v) is 5.49. The number of carbonyl (C=O) groups is 1. The molecule has 0 saturated heterocycles. The number of benzene rings is 1. The van der Waals surface area contributed by atoms with Crippen molar-refractivity contribution in [2.75, 3.05) is 13.1 Å². The summed E-state index contributed by atoms with van der Waals surface area (Å²) in [6.07, 6.45) is -3.70. The summed E-state index contributed by atoms with van der Waals surface area (Å²) in [7, 11) is 0. The van der Waals surface area contributed by atoms with Crippen molar-refractivity contribution in [2.45, 2.75) is 19.1 Å². The summed E-state index contributed by atoms with van der Waals surface area (Å²) < 4.78 is 36.9. The summed E-state index contributed by atoms with van der Waals surface area (Å²) in [5.41, 5.74) is 1.71. The second-order valence-corrected chi connectivity index (χ2v) is 4.36. The van der Waals surface area contributed by atoms with Gasteiger partial charge in [0.2, 0.25) is 0 Å². The molecule has 0 bridgehead atoms. The van der Waals surface area contributed by atoms with Crippen LogP contribution in [0.15, 0.2) is 18.2 Å². The number of hydrogen-bond acceptors (Lipinski definition) is 2. The average molecular weight is 259 g/mol. The lowest BCUT2D eigenvalue weighted by Gasteiger charge is -2.29. The van der Waals surface area contributed by atoms with Gasteiger partial charge in [0.1, 0.15) is 0 Å². The molecule has 1 N–H and O–H groups in total. The Morgan fingerprint density at radius 3 is 2.67 bits per heavy atom. The third-order valence-corrected chi connectivity index (χ3v) is 2.95. The average Bonchev–Trinajstić information content (AvgIpc) is 2.25. The molecule has 0 aromatic heterocycles. The maximum atomic E-state index is 12.3. The molecule has 18 heavy (non-hydrogen) atoms. The van der Waals surface area contributed by atoms with E-state index in [2.05, 4.69) is 0 Å². The van der Waals surface area contributed by atoms with E-state index in [9.17, 15) is 18.0 Å². The Hall–Kier alpha value is -1.56. The van der Waals surface area contributed by atoms with Crippen molar-refractivity contribution < 1.29 is 23.1 Å². The number of carboxylic acid groups (broad SMARTS) is 1. The molecule has 6 heteroatoms. The molecule has 2 rings (SSSR count).